The second-order valence-corrected chi connectivity index (χ2v) is 5.31. The van der Waals surface area contributed by atoms with Crippen molar-refractivity contribution < 1.29 is 19.1 Å². The van der Waals surface area contributed by atoms with Gasteiger partial charge < -0.3 is 20.5 Å². The molecule has 1 fully saturated rings. The molecule has 6 nitrogen and oxygen atoms in total. The number of nitrogens with two attached hydrogens (primary N) is 1. The molecule has 2 rings (SSSR count). The van der Waals surface area contributed by atoms with Crippen molar-refractivity contribution in [1.82, 2.24) is 5.32 Å². The summed E-state index contributed by atoms with van der Waals surface area (Å²) in [6, 6.07) is 3.01. The van der Waals surface area contributed by atoms with Crippen molar-refractivity contribution in [1.29, 1.82) is 0 Å². The molecule has 0 radical (unpaired) electrons. The molecule has 0 bridgehead atoms. The number of anilines is 1. The van der Waals surface area contributed by atoms with Gasteiger partial charge in [0.2, 0.25) is 0 Å². The van der Waals surface area contributed by atoms with Crippen molar-refractivity contribution in [3.8, 4) is 5.75 Å². The van der Waals surface area contributed by atoms with Crippen LogP contribution in [0.2, 0.25) is 5.02 Å². The zero-order chi connectivity index (χ0) is 15.6. The van der Waals surface area contributed by atoms with Gasteiger partial charge in [0.15, 0.2) is 6.10 Å². The zero-order valence-electron chi connectivity index (χ0n) is 11.8. The van der Waals surface area contributed by atoms with Crippen LogP contribution in [-0.4, -0.2) is 31.1 Å². The Kier molecular flexibility index (Phi) is 4.57. The van der Waals surface area contributed by atoms with Crippen molar-refractivity contribution in [2.75, 3.05) is 12.8 Å². The first-order chi connectivity index (χ1) is 9.92. The molecule has 1 aromatic carbocycles. The van der Waals surface area contributed by atoms with Crippen molar-refractivity contribution in [2.45, 2.75) is 31.9 Å². The van der Waals surface area contributed by atoms with E-state index in [-0.39, 0.29) is 28.3 Å². The Bertz CT molecular complexity index is 572. The second kappa shape index (κ2) is 6.22. The summed E-state index contributed by atoms with van der Waals surface area (Å²) < 4.78 is 10.2. The minimum atomic E-state index is -0.890. The lowest BCUT2D eigenvalue weighted by Gasteiger charge is -2.15. The fourth-order valence-corrected chi connectivity index (χ4v) is 1.88. The first-order valence-corrected chi connectivity index (χ1v) is 6.94. The van der Waals surface area contributed by atoms with Crippen LogP contribution in [0.4, 0.5) is 5.69 Å². The van der Waals surface area contributed by atoms with Crippen LogP contribution in [0.15, 0.2) is 12.1 Å². The lowest BCUT2D eigenvalue weighted by molar-refractivity contribution is -0.129. The Hall–Kier alpha value is -1.95. The summed E-state index contributed by atoms with van der Waals surface area (Å²) in [5, 5.41) is 2.99. The van der Waals surface area contributed by atoms with Gasteiger partial charge in [-0.05, 0) is 25.8 Å². The van der Waals surface area contributed by atoms with Gasteiger partial charge in [0, 0.05) is 12.1 Å². The van der Waals surface area contributed by atoms with Crippen molar-refractivity contribution in [3.63, 3.8) is 0 Å². The van der Waals surface area contributed by atoms with E-state index in [0.29, 0.717) is 5.69 Å². The average molecular weight is 313 g/mol. The summed E-state index contributed by atoms with van der Waals surface area (Å²) >= 11 is 5.90. The number of halogens is 1. The minimum Gasteiger partial charge on any atom is -0.496 e. The van der Waals surface area contributed by atoms with E-state index in [2.05, 4.69) is 5.32 Å². The average Bonchev–Trinajstić information content (AvgIpc) is 3.24. The van der Waals surface area contributed by atoms with Crippen LogP contribution in [0.3, 0.4) is 0 Å². The number of rotatable bonds is 5. The van der Waals surface area contributed by atoms with E-state index < -0.39 is 12.1 Å². The lowest BCUT2D eigenvalue weighted by atomic mass is 10.2. The molecule has 1 amide bonds. The van der Waals surface area contributed by atoms with Gasteiger partial charge in [-0.3, -0.25) is 4.79 Å². The van der Waals surface area contributed by atoms with Crippen molar-refractivity contribution in [2.24, 2.45) is 0 Å². The van der Waals surface area contributed by atoms with Crippen molar-refractivity contribution in [3.05, 3.63) is 22.7 Å². The zero-order valence-corrected chi connectivity index (χ0v) is 12.6. The second-order valence-electron chi connectivity index (χ2n) is 4.90. The van der Waals surface area contributed by atoms with Crippen LogP contribution in [0.1, 0.15) is 30.1 Å². The number of esters is 1. The molecule has 1 saturated carbocycles. The van der Waals surface area contributed by atoms with Crippen LogP contribution in [0.25, 0.3) is 0 Å². The fourth-order valence-electron chi connectivity index (χ4n) is 1.72. The minimum absolute atomic E-state index is 0.128. The first-order valence-electron chi connectivity index (χ1n) is 6.56. The van der Waals surface area contributed by atoms with Gasteiger partial charge in [-0.1, -0.05) is 11.6 Å². The molecule has 114 valence electrons. The molecule has 1 atom stereocenters. The van der Waals surface area contributed by atoms with Crippen LogP contribution in [0, 0.1) is 0 Å². The molecule has 1 aliphatic rings. The number of methoxy groups -OCH3 is 1. The maximum atomic E-state index is 12.1. The quantitative estimate of drug-likeness (QED) is 0.638. The monoisotopic (exact) mass is 312 g/mol. The molecule has 0 spiro atoms. The number of carbonyl (C=O) groups excluding carboxylic acids is 2. The van der Waals surface area contributed by atoms with Gasteiger partial charge in [-0.2, -0.15) is 0 Å². The normalized spacial score (nSPS) is 15.2. The number of amides is 1. The van der Waals surface area contributed by atoms with Crippen molar-refractivity contribution >= 4 is 29.2 Å². The van der Waals surface area contributed by atoms with Gasteiger partial charge >= 0.3 is 5.97 Å². The van der Waals surface area contributed by atoms with E-state index in [1.807, 2.05) is 0 Å². The SMILES string of the molecule is COc1cc(N)c(Cl)cc1C(=O)O[C@H](C)C(=O)NC1CC1. The summed E-state index contributed by atoms with van der Waals surface area (Å²) in [7, 11) is 1.41. The Labute approximate surface area is 127 Å². The van der Waals surface area contributed by atoms with E-state index in [1.54, 1.807) is 0 Å². The number of ether oxygens (including phenoxy) is 2. The molecule has 0 heterocycles. The molecule has 1 aliphatic carbocycles. The maximum absolute atomic E-state index is 12.1. The number of hydrogen-bond donors (Lipinski definition) is 2. The van der Waals surface area contributed by atoms with Crippen LogP contribution in [-0.2, 0) is 9.53 Å². The number of hydrogen-bond acceptors (Lipinski definition) is 5. The summed E-state index contributed by atoms with van der Waals surface area (Å²) in [5.41, 5.74) is 6.07. The highest BCUT2D eigenvalue weighted by Crippen LogP contribution is 2.29. The van der Waals surface area contributed by atoms with Gasteiger partial charge in [-0.25, -0.2) is 4.79 Å². The third-order valence-electron chi connectivity index (χ3n) is 3.12. The number of benzene rings is 1. The molecule has 0 aliphatic heterocycles. The van der Waals surface area contributed by atoms with Gasteiger partial charge in [-0.15, -0.1) is 0 Å². The van der Waals surface area contributed by atoms with Crippen LogP contribution < -0.4 is 15.8 Å². The summed E-state index contributed by atoms with van der Waals surface area (Å²) in [6.07, 6.45) is 1.04. The first kappa shape index (κ1) is 15.4. The summed E-state index contributed by atoms with van der Waals surface area (Å²) in [5.74, 6) is -0.754. The third kappa shape index (κ3) is 3.78. The predicted molar refractivity (Wildman–Crippen MR) is 78.5 cm³/mol. The Morgan fingerprint density at radius 1 is 1.43 bits per heavy atom. The summed E-state index contributed by atoms with van der Waals surface area (Å²) in [4.78, 5) is 23.9. The fraction of sp³-hybridized carbons (Fsp3) is 0.429. The molecule has 3 N–H and O–H groups in total. The molecule has 0 saturated heterocycles. The molecule has 7 heteroatoms. The van der Waals surface area contributed by atoms with E-state index in [4.69, 9.17) is 26.8 Å². The Morgan fingerprint density at radius 3 is 2.67 bits per heavy atom. The molecule has 0 unspecified atom stereocenters. The predicted octanol–water partition coefficient (Wildman–Crippen LogP) is 1.75. The largest absolute Gasteiger partial charge is 0.496 e. The number of nitrogen functional groups attached to an aromatic ring is 1. The number of nitrogens with one attached hydrogen (secondary N) is 1. The highest BCUT2D eigenvalue weighted by molar-refractivity contribution is 6.33. The van der Waals surface area contributed by atoms with Gasteiger partial charge in [0.1, 0.15) is 11.3 Å². The molecular weight excluding hydrogens is 296 g/mol. The standard InChI is InChI=1S/C14H17ClN2O4/c1-7(13(18)17-8-3-4-8)21-14(19)9-5-10(15)11(16)6-12(9)20-2/h5-8H,3-4,16H2,1-2H3,(H,17,18)/t7-/m1/s1. The van der Waals surface area contributed by atoms with Crippen LogP contribution >= 0.6 is 11.6 Å². The van der Waals surface area contributed by atoms with E-state index >= 15 is 0 Å². The number of carbonyl (C=O) groups is 2. The lowest BCUT2D eigenvalue weighted by Crippen LogP contribution is -2.37. The molecule has 0 aromatic heterocycles. The Morgan fingerprint density at radius 2 is 2.10 bits per heavy atom. The van der Waals surface area contributed by atoms with Crippen LogP contribution in [0.5, 0.6) is 5.75 Å². The topological polar surface area (TPSA) is 90.7 Å². The highest BCUT2D eigenvalue weighted by Gasteiger charge is 2.28. The van der Waals surface area contributed by atoms with Gasteiger partial charge in [0.05, 0.1) is 17.8 Å². The molecule has 1 aromatic rings. The molecular formula is C14H17ClN2O4. The smallest absolute Gasteiger partial charge is 0.342 e. The summed E-state index contributed by atoms with van der Waals surface area (Å²) in [6.45, 7) is 1.51. The van der Waals surface area contributed by atoms with Gasteiger partial charge in [0.25, 0.3) is 5.91 Å². The van der Waals surface area contributed by atoms with E-state index in [9.17, 15) is 9.59 Å². The third-order valence-corrected chi connectivity index (χ3v) is 3.44. The Balaban J connectivity index is 2.08. The molecule has 21 heavy (non-hydrogen) atoms. The van der Waals surface area contributed by atoms with E-state index in [0.717, 1.165) is 12.8 Å². The maximum Gasteiger partial charge on any atom is 0.342 e. The highest BCUT2D eigenvalue weighted by atomic mass is 35.5. The van der Waals surface area contributed by atoms with E-state index in [1.165, 1.54) is 26.2 Å².